The molecule has 0 saturated carbocycles. The van der Waals surface area contributed by atoms with Gasteiger partial charge in [0.1, 0.15) is 11.5 Å². The molecule has 0 aliphatic rings. The zero-order valence-corrected chi connectivity index (χ0v) is 14.0. The van der Waals surface area contributed by atoms with Crippen molar-refractivity contribution in [2.75, 3.05) is 37.7 Å². The van der Waals surface area contributed by atoms with Crippen molar-refractivity contribution in [1.29, 1.82) is 0 Å². The van der Waals surface area contributed by atoms with E-state index in [1.54, 1.807) is 39.5 Å². The summed E-state index contributed by atoms with van der Waals surface area (Å²) in [5.74, 6) is 1.30. The second-order valence-electron chi connectivity index (χ2n) is 4.03. The maximum atomic E-state index is 12.0. The predicted molar refractivity (Wildman–Crippen MR) is 88.4 cm³/mol. The van der Waals surface area contributed by atoms with Crippen LogP contribution in [0.15, 0.2) is 22.5 Å². The molecule has 2 N–H and O–H groups in total. The Kier molecular flexibility index (Phi) is 5.84. The van der Waals surface area contributed by atoms with Crippen molar-refractivity contribution in [3.8, 4) is 11.5 Å². The van der Waals surface area contributed by atoms with Crippen LogP contribution in [0.2, 0.25) is 0 Å². The number of anilines is 2. The highest BCUT2D eigenvalue weighted by Gasteiger charge is 2.11. The van der Waals surface area contributed by atoms with Crippen LogP contribution < -0.4 is 20.1 Å². The van der Waals surface area contributed by atoms with Gasteiger partial charge in [0.25, 0.3) is 0 Å². The number of amides is 1. The van der Waals surface area contributed by atoms with Crippen LogP contribution in [0.5, 0.6) is 11.5 Å². The summed E-state index contributed by atoms with van der Waals surface area (Å²) in [4.78, 5) is 12.0. The normalized spacial score (nSPS) is 10.1. The highest BCUT2D eigenvalue weighted by atomic mass is 32.2. The number of nitrogens with one attached hydrogen (secondary N) is 2. The quantitative estimate of drug-likeness (QED) is 0.748. The third-order valence-electron chi connectivity index (χ3n) is 2.63. The number of carbonyl (C=O) groups excluding carboxylic acids is 1. The van der Waals surface area contributed by atoms with Crippen molar-refractivity contribution in [3.05, 3.63) is 18.2 Å². The van der Waals surface area contributed by atoms with E-state index in [9.17, 15) is 4.79 Å². The molecule has 0 aliphatic carbocycles. The minimum Gasteiger partial charge on any atom is -0.497 e. The van der Waals surface area contributed by atoms with Crippen LogP contribution in [0.25, 0.3) is 0 Å². The van der Waals surface area contributed by atoms with E-state index in [1.807, 2.05) is 0 Å². The Morgan fingerprint density at radius 2 is 2.14 bits per heavy atom. The minimum atomic E-state index is -0.155. The molecule has 0 aliphatic heterocycles. The van der Waals surface area contributed by atoms with Crippen LogP contribution in [0.1, 0.15) is 0 Å². The summed E-state index contributed by atoms with van der Waals surface area (Å²) in [6.45, 7) is 0. The van der Waals surface area contributed by atoms with E-state index in [4.69, 9.17) is 9.47 Å². The molecule has 1 aromatic carbocycles. The maximum Gasteiger partial charge on any atom is 0.234 e. The van der Waals surface area contributed by atoms with E-state index in [0.29, 0.717) is 17.2 Å². The van der Waals surface area contributed by atoms with Crippen molar-refractivity contribution >= 4 is 39.8 Å². The largest absolute Gasteiger partial charge is 0.497 e. The third kappa shape index (κ3) is 4.25. The zero-order valence-electron chi connectivity index (χ0n) is 12.4. The van der Waals surface area contributed by atoms with Crippen LogP contribution in [0.4, 0.5) is 10.8 Å². The highest BCUT2D eigenvalue weighted by Crippen LogP contribution is 2.30. The summed E-state index contributed by atoms with van der Waals surface area (Å²) >= 11 is 2.73. The van der Waals surface area contributed by atoms with Gasteiger partial charge in [-0.3, -0.25) is 4.79 Å². The van der Waals surface area contributed by atoms with Gasteiger partial charge in [-0.05, 0) is 12.1 Å². The minimum absolute atomic E-state index is 0.155. The molecular formula is C13H16N4O3S2. The summed E-state index contributed by atoms with van der Waals surface area (Å²) in [6, 6.07) is 5.22. The summed E-state index contributed by atoms with van der Waals surface area (Å²) in [6.07, 6.45) is 0. The lowest BCUT2D eigenvalue weighted by Gasteiger charge is -2.11. The molecular weight excluding hydrogens is 324 g/mol. The van der Waals surface area contributed by atoms with Crippen LogP contribution in [0, 0.1) is 0 Å². The van der Waals surface area contributed by atoms with Gasteiger partial charge < -0.3 is 20.1 Å². The van der Waals surface area contributed by atoms with Gasteiger partial charge in [0.15, 0.2) is 4.34 Å². The first-order valence-electron chi connectivity index (χ1n) is 6.32. The summed E-state index contributed by atoms with van der Waals surface area (Å²) in [7, 11) is 4.89. The molecule has 22 heavy (non-hydrogen) atoms. The fraction of sp³-hybridized carbons (Fsp3) is 0.308. The number of benzene rings is 1. The molecule has 1 heterocycles. The third-order valence-corrected chi connectivity index (χ3v) is 4.70. The SMILES string of the molecule is CNc1nnc(SCC(=O)Nc2cc(OC)ccc2OC)s1. The molecule has 7 nitrogen and oxygen atoms in total. The Bertz CT molecular complexity index is 648. The van der Waals surface area contributed by atoms with Crippen molar-refractivity contribution in [3.63, 3.8) is 0 Å². The molecule has 9 heteroatoms. The van der Waals surface area contributed by atoms with E-state index < -0.39 is 0 Å². The van der Waals surface area contributed by atoms with Gasteiger partial charge >= 0.3 is 0 Å². The van der Waals surface area contributed by atoms with E-state index in [0.717, 1.165) is 9.47 Å². The number of hydrogen-bond donors (Lipinski definition) is 2. The van der Waals surface area contributed by atoms with Gasteiger partial charge in [-0.1, -0.05) is 23.1 Å². The van der Waals surface area contributed by atoms with Crippen LogP contribution >= 0.6 is 23.1 Å². The number of nitrogens with zero attached hydrogens (tertiary/aromatic N) is 2. The fourth-order valence-electron chi connectivity index (χ4n) is 1.59. The van der Waals surface area contributed by atoms with E-state index >= 15 is 0 Å². The van der Waals surface area contributed by atoms with Crippen molar-refractivity contribution in [1.82, 2.24) is 10.2 Å². The first kappa shape index (κ1) is 16.4. The number of hydrogen-bond acceptors (Lipinski definition) is 8. The molecule has 0 saturated heterocycles. The Morgan fingerprint density at radius 1 is 1.32 bits per heavy atom. The number of ether oxygens (including phenoxy) is 2. The molecule has 0 spiro atoms. The molecule has 1 amide bonds. The van der Waals surface area contributed by atoms with Gasteiger partial charge in [0.2, 0.25) is 11.0 Å². The van der Waals surface area contributed by atoms with Gasteiger partial charge in [-0.2, -0.15) is 0 Å². The average Bonchev–Trinajstić information content (AvgIpc) is 3.01. The predicted octanol–water partition coefficient (Wildman–Crippen LogP) is 2.33. The zero-order chi connectivity index (χ0) is 15.9. The highest BCUT2D eigenvalue weighted by molar-refractivity contribution is 8.01. The maximum absolute atomic E-state index is 12.0. The molecule has 0 fully saturated rings. The topological polar surface area (TPSA) is 85.4 Å². The Morgan fingerprint density at radius 3 is 2.77 bits per heavy atom. The smallest absolute Gasteiger partial charge is 0.234 e. The first-order valence-corrected chi connectivity index (χ1v) is 8.12. The van der Waals surface area contributed by atoms with E-state index in [-0.39, 0.29) is 11.7 Å². The van der Waals surface area contributed by atoms with Gasteiger partial charge in [0.05, 0.1) is 25.7 Å². The Hall–Kier alpha value is -2.00. The molecule has 2 aromatic rings. The summed E-state index contributed by atoms with van der Waals surface area (Å²) < 4.78 is 11.1. The molecule has 0 atom stereocenters. The molecule has 0 unspecified atom stereocenters. The van der Waals surface area contributed by atoms with Crippen molar-refractivity contribution in [2.45, 2.75) is 4.34 Å². The van der Waals surface area contributed by atoms with Crippen LogP contribution in [0.3, 0.4) is 0 Å². The molecule has 0 bridgehead atoms. The van der Waals surface area contributed by atoms with Gasteiger partial charge in [-0.15, -0.1) is 10.2 Å². The monoisotopic (exact) mass is 340 g/mol. The fourth-order valence-corrected chi connectivity index (χ4v) is 3.10. The second-order valence-corrected chi connectivity index (χ2v) is 6.23. The van der Waals surface area contributed by atoms with Crippen LogP contribution in [-0.2, 0) is 4.79 Å². The Balaban J connectivity index is 1.96. The van der Waals surface area contributed by atoms with E-state index in [2.05, 4.69) is 20.8 Å². The van der Waals surface area contributed by atoms with Gasteiger partial charge in [0, 0.05) is 13.1 Å². The second kappa shape index (κ2) is 7.85. The summed E-state index contributed by atoms with van der Waals surface area (Å²) in [5, 5.41) is 14.3. The van der Waals surface area contributed by atoms with Gasteiger partial charge in [-0.25, -0.2) is 0 Å². The lowest BCUT2D eigenvalue weighted by Crippen LogP contribution is -2.14. The lowest BCUT2D eigenvalue weighted by molar-refractivity contribution is -0.113. The first-order chi connectivity index (χ1) is 10.7. The summed E-state index contributed by atoms with van der Waals surface area (Å²) in [5.41, 5.74) is 0.570. The lowest BCUT2D eigenvalue weighted by atomic mass is 10.2. The number of rotatable bonds is 7. The number of thioether (sulfide) groups is 1. The average molecular weight is 340 g/mol. The molecule has 2 rings (SSSR count). The number of carbonyl (C=O) groups is 1. The number of aromatic nitrogens is 2. The number of methoxy groups -OCH3 is 2. The van der Waals surface area contributed by atoms with Crippen molar-refractivity contribution < 1.29 is 14.3 Å². The van der Waals surface area contributed by atoms with Crippen molar-refractivity contribution in [2.24, 2.45) is 0 Å². The standard InChI is InChI=1S/C13H16N4O3S2/c1-14-12-16-17-13(22-12)21-7-11(18)15-9-6-8(19-2)4-5-10(9)20-3/h4-6H,7H2,1-3H3,(H,14,16)(H,15,18). The molecule has 118 valence electrons. The molecule has 0 radical (unpaired) electrons. The van der Waals surface area contributed by atoms with Crippen LogP contribution in [-0.4, -0.2) is 43.1 Å². The Labute approximate surface area is 136 Å². The molecule has 1 aromatic heterocycles. The van der Waals surface area contributed by atoms with E-state index in [1.165, 1.54) is 23.1 Å².